The van der Waals surface area contributed by atoms with Gasteiger partial charge >= 0.3 is 0 Å². The van der Waals surface area contributed by atoms with E-state index in [1.165, 1.54) is 17.8 Å². The van der Waals surface area contributed by atoms with Crippen LogP contribution in [0.5, 0.6) is 5.75 Å². The lowest BCUT2D eigenvalue weighted by atomic mass is 10.2. The van der Waals surface area contributed by atoms with E-state index in [-0.39, 0.29) is 24.0 Å². The number of halogens is 2. The van der Waals surface area contributed by atoms with Crippen molar-refractivity contribution >= 4 is 23.4 Å². The molecular weight excluding hydrogens is 446 g/mol. The molecule has 0 radical (unpaired) electrons. The monoisotopic (exact) mass is 466 g/mol. The number of benzene rings is 3. The summed E-state index contributed by atoms with van der Waals surface area (Å²) in [6, 6.07) is 20.4. The maximum absolute atomic E-state index is 13.4. The molecule has 4 aromatic rings. The first kappa shape index (κ1) is 22.5. The third-order valence-electron chi connectivity index (χ3n) is 4.70. The fourth-order valence-electron chi connectivity index (χ4n) is 3.09. The molecule has 0 aliphatic carbocycles. The molecule has 4 rings (SSSR count). The molecule has 1 N–H and O–H groups in total. The second kappa shape index (κ2) is 10.3. The molecule has 1 heterocycles. The Morgan fingerprint density at radius 3 is 2.52 bits per heavy atom. The van der Waals surface area contributed by atoms with E-state index in [0.717, 1.165) is 29.1 Å². The molecule has 0 saturated heterocycles. The zero-order valence-corrected chi connectivity index (χ0v) is 18.5. The molecule has 6 nitrogen and oxygen atoms in total. The van der Waals surface area contributed by atoms with Gasteiger partial charge in [0, 0.05) is 17.4 Å². The first-order chi connectivity index (χ1) is 16.0. The summed E-state index contributed by atoms with van der Waals surface area (Å²) in [6.45, 7) is 2.15. The van der Waals surface area contributed by atoms with Crippen LogP contribution in [0.1, 0.15) is 11.4 Å². The second-order valence-corrected chi connectivity index (χ2v) is 8.03. The minimum atomic E-state index is -1.03. The van der Waals surface area contributed by atoms with E-state index in [1.54, 1.807) is 0 Å². The zero-order chi connectivity index (χ0) is 23.2. The molecule has 0 unspecified atom stereocenters. The van der Waals surface area contributed by atoms with E-state index < -0.39 is 11.6 Å². The summed E-state index contributed by atoms with van der Waals surface area (Å²) in [4.78, 5) is 12.4. The van der Waals surface area contributed by atoms with Gasteiger partial charge in [-0.2, -0.15) is 0 Å². The number of ether oxygens (including phenoxy) is 1. The maximum atomic E-state index is 13.4. The first-order valence-corrected chi connectivity index (χ1v) is 11.1. The molecule has 168 valence electrons. The molecular formula is C24H20F2N4O2S. The van der Waals surface area contributed by atoms with E-state index in [4.69, 9.17) is 4.74 Å². The first-order valence-electron chi connectivity index (χ1n) is 10.1. The number of aryl methyl sites for hydroxylation is 1. The molecule has 0 atom stereocenters. The van der Waals surface area contributed by atoms with E-state index in [1.807, 2.05) is 66.1 Å². The molecule has 9 heteroatoms. The van der Waals surface area contributed by atoms with Crippen LogP contribution in [0, 0.1) is 18.6 Å². The van der Waals surface area contributed by atoms with Gasteiger partial charge in [-0.15, -0.1) is 10.2 Å². The third-order valence-corrected chi connectivity index (χ3v) is 5.63. The predicted molar refractivity (Wildman–Crippen MR) is 123 cm³/mol. The van der Waals surface area contributed by atoms with Crippen molar-refractivity contribution < 1.29 is 18.3 Å². The van der Waals surface area contributed by atoms with E-state index in [0.29, 0.717) is 11.0 Å². The topological polar surface area (TPSA) is 69.0 Å². The van der Waals surface area contributed by atoms with Gasteiger partial charge in [0.05, 0.1) is 5.75 Å². The number of hydrogen-bond donors (Lipinski definition) is 1. The molecule has 0 aliphatic rings. The van der Waals surface area contributed by atoms with Crippen LogP contribution in [0.4, 0.5) is 14.5 Å². The molecule has 0 bridgehead atoms. The summed E-state index contributed by atoms with van der Waals surface area (Å²) in [7, 11) is 0. The molecule has 0 saturated carbocycles. The van der Waals surface area contributed by atoms with Crippen LogP contribution in [0.3, 0.4) is 0 Å². The summed E-state index contributed by atoms with van der Waals surface area (Å²) >= 11 is 1.18. The number of aromatic nitrogens is 3. The summed E-state index contributed by atoms with van der Waals surface area (Å²) in [5.74, 6) is -1.05. The zero-order valence-electron chi connectivity index (χ0n) is 17.7. The molecule has 0 spiro atoms. The Balaban J connectivity index is 1.49. The van der Waals surface area contributed by atoms with Crippen molar-refractivity contribution in [3.8, 4) is 11.4 Å². The number of carbonyl (C=O) groups excluding carboxylic acids is 1. The van der Waals surface area contributed by atoms with Crippen molar-refractivity contribution in [3.05, 3.63) is 95.8 Å². The molecule has 3 aromatic carbocycles. The van der Waals surface area contributed by atoms with Gasteiger partial charge in [0.2, 0.25) is 5.91 Å². The number of rotatable bonds is 8. The highest BCUT2D eigenvalue weighted by molar-refractivity contribution is 7.99. The van der Waals surface area contributed by atoms with Crippen LogP contribution in [0.2, 0.25) is 0 Å². The van der Waals surface area contributed by atoms with Gasteiger partial charge in [-0.25, -0.2) is 8.78 Å². The Morgan fingerprint density at radius 2 is 1.76 bits per heavy atom. The van der Waals surface area contributed by atoms with Gasteiger partial charge in [0.25, 0.3) is 0 Å². The Hall–Kier alpha value is -3.72. The number of nitrogens with one attached hydrogen (secondary N) is 1. The highest BCUT2D eigenvalue weighted by Gasteiger charge is 2.17. The van der Waals surface area contributed by atoms with Crippen molar-refractivity contribution in [1.29, 1.82) is 0 Å². The van der Waals surface area contributed by atoms with Crippen LogP contribution in [-0.2, 0) is 11.4 Å². The number of carbonyl (C=O) groups is 1. The minimum absolute atomic E-state index is 0.00259. The van der Waals surface area contributed by atoms with Crippen molar-refractivity contribution in [2.24, 2.45) is 0 Å². The molecule has 33 heavy (non-hydrogen) atoms. The lowest BCUT2D eigenvalue weighted by Crippen LogP contribution is -2.15. The van der Waals surface area contributed by atoms with Gasteiger partial charge < -0.3 is 10.1 Å². The van der Waals surface area contributed by atoms with Crippen LogP contribution < -0.4 is 10.1 Å². The van der Waals surface area contributed by atoms with Crippen molar-refractivity contribution in [1.82, 2.24) is 14.8 Å². The van der Waals surface area contributed by atoms with Gasteiger partial charge in [-0.3, -0.25) is 9.36 Å². The van der Waals surface area contributed by atoms with E-state index >= 15 is 0 Å². The minimum Gasteiger partial charge on any atom is -0.485 e. The van der Waals surface area contributed by atoms with Gasteiger partial charge in [-0.05, 0) is 42.8 Å². The quantitative estimate of drug-likeness (QED) is 0.363. The number of thioether (sulfide) groups is 1. The summed E-state index contributed by atoms with van der Waals surface area (Å²) < 4.78 is 34.2. The predicted octanol–water partition coefficient (Wildman–Crippen LogP) is 5.16. The lowest BCUT2D eigenvalue weighted by molar-refractivity contribution is -0.113. The number of para-hydroxylation sites is 2. The van der Waals surface area contributed by atoms with Crippen molar-refractivity contribution in [3.63, 3.8) is 0 Å². The maximum Gasteiger partial charge on any atom is 0.234 e. The fraction of sp³-hybridized carbons (Fsp3) is 0.125. The van der Waals surface area contributed by atoms with Crippen molar-refractivity contribution in [2.45, 2.75) is 18.7 Å². The smallest absolute Gasteiger partial charge is 0.234 e. The summed E-state index contributed by atoms with van der Waals surface area (Å²) in [5.41, 5.74) is 2.01. The summed E-state index contributed by atoms with van der Waals surface area (Å²) in [6.07, 6.45) is 0. The van der Waals surface area contributed by atoms with Gasteiger partial charge in [0.1, 0.15) is 12.4 Å². The van der Waals surface area contributed by atoms with Gasteiger partial charge in [0.15, 0.2) is 22.6 Å². The Labute approximate surface area is 193 Å². The highest BCUT2D eigenvalue weighted by Crippen LogP contribution is 2.24. The third kappa shape index (κ3) is 5.56. The van der Waals surface area contributed by atoms with Gasteiger partial charge in [-0.1, -0.05) is 48.2 Å². The Bertz CT molecular complexity index is 1260. The van der Waals surface area contributed by atoms with Crippen LogP contribution in [0.15, 0.2) is 78.0 Å². The standard InChI is InChI=1S/C24H20F2N4O2S/c1-16-7-5-6-10-21(16)32-14-22-28-29-24(30(22)18-8-3-2-4-9-18)33-15-23(31)27-17-11-12-19(25)20(26)13-17/h2-13H,14-15H2,1H3,(H,27,31). The van der Waals surface area contributed by atoms with Crippen molar-refractivity contribution in [2.75, 3.05) is 11.1 Å². The molecule has 0 fully saturated rings. The average molecular weight is 467 g/mol. The number of hydrogen-bond acceptors (Lipinski definition) is 5. The van der Waals surface area contributed by atoms with E-state index in [9.17, 15) is 13.6 Å². The normalized spacial score (nSPS) is 10.8. The Morgan fingerprint density at radius 1 is 1.00 bits per heavy atom. The number of nitrogens with zero attached hydrogens (tertiary/aromatic N) is 3. The molecule has 1 amide bonds. The lowest BCUT2D eigenvalue weighted by Gasteiger charge is -2.12. The number of anilines is 1. The van der Waals surface area contributed by atoms with Crippen LogP contribution in [-0.4, -0.2) is 26.4 Å². The highest BCUT2D eigenvalue weighted by atomic mass is 32.2. The van der Waals surface area contributed by atoms with Crippen LogP contribution >= 0.6 is 11.8 Å². The molecule has 1 aromatic heterocycles. The average Bonchev–Trinajstić information content (AvgIpc) is 3.23. The van der Waals surface area contributed by atoms with Crippen LogP contribution in [0.25, 0.3) is 5.69 Å². The SMILES string of the molecule is Cc1ccccc1OCc1nnc(SCC(=O)Nc2ccc(F)c(F)c2)n1-c1ccccc1. The second-order valence-electron chi connectivity index (χ2n) is 7.09. The largest absolute Gasteiger partial charge is 0.485 e. The fourth-order valence-corrected chi connectivity index (χ4v) is 3.86. The number of amides is 1. The Kier molecular flexibility index (Phi) is 6.99. The molecule has 0 aliphatic heterocycles. The van der Waals surface area contributed by atoms with E-state index in [2.05, 4.69) is 15.5 Å². The summed E-state index contributed by atoms with van der Waals surface area (Å²) in [5, 5.41) is 11.6.